The van der Waals surface area contributed by atoms with Gasteiger partial charge < -0.3 is 15.2 Å². The maximum absolute atomic E-state index is 11.3. The predicted molar refractivity (Wildman–Crippen MR) is 58.7 cm³/mol. The Morgan fingerprint density at radius 1 is 1.25 bits per heavy atom. The first-order valence-corrected chi connectivity index (χ1v) is 4.77. The maximum atomic E-state index is 11.3. The SMILES string of the molecule is Cc1cccc(NC(=O)/C=C/C(=O)[O-])c1C. The van der Waals surface area contributed by atoms with Crippen molar-refractivity contribution in [1.82, 2.24) is 0 Å². The first kappa shape index (κ1) is 12.0. The van der Waals surface area contributed by atoms with Gasteiger partial charge in [-0.1, -0.05) is 12.1 Å². The van der Waals surface area contributed by atoms with Gasteiger partial charge in [0.1, 0.15) is 0 Å². The Morgan fingerprint density at radius 2 is 1.94 bits per heavy atom. The molecule has 4 heteroatoms. The number of benzene rings is 1. The van der Waals surface area contributed by atoms with Gasteiger partial charge in [0.25, 0.3) is 0 Å². The molecule has 0 unspecified atom stereocenters. The number of aliphatic carboxylic acids is 1. The summed E-state index contributed by atoms with van der Waals surface area (Å²) in [6, 6.07) is 5.51. The average Bonchev–Trinajstić information content (AvgIpc) is 2.22. The molecule has 4 nitrogen and oxygen atoms in total. The van der Waals surface area contributed by atoms with Crippen molar-refractivity contribution in [3.05, 3.63) is 41.5 Å². The van der Waals surface area contributed by atoms with E-state index in [4.69, 9.17) is 0 Å². The Morgan fingerprint density at radius 3 is 2.56 bits per heavy atom. The summed E-state index contributed by atoms with van der Waals surface area (Å²) < 4.78 is 0. The summed E-state index contributed by atoms with van der Waals surface area (Å²) in [4.78, 5) is 21.4. The molecule has 0 spiro atoms. The summed E-state index contributed by atoms with van der Waals surface area (Å²) >= 11 is 0. The summed E-state index contributed by atoms with van der Waals surface area (Å²) in [7, 11) is 0. The van der Waals surface area contributed by atoms with Crippen molar-refractivity contribution < 1.29 is 14.7 Å². The van der Waals surface area contributed by atoms with Crippen LogP contribution in [0.2, 0.25) is 0 Å². The van der Waals surface area contributed by atoms with Gasteiger partial charge in [-0.15, -0.1) is 0 Å². The molecule has 0 aromatic heterocycles. The number of amides is 1. The molecule has 1 amide bonds. The van der Waals surface area contributed by atoms with E-state index in [1.165, 1.54) is 0 Å². The third-order valence-electron chi connectivity index (χ3n) is 2.23. The molecule has 1 N–H and O–H groups in total. The van der Waals surface area contributed by atoms with E-state index < -0.39 is 11.9 Å². The molecule has 1 aromatic rings. The van der Waals surface area contributed by atoms with E-state index in [9.17, 15) is 14.7 Å². The van der Waals surface area contributed by atoms with Crippen LogP contribution in [0.1, 0.15) is 11.1 Å². The largest absolute Gasteiger partial charge is 0.545 e. The van der Waals surface area contributed by atoms with Crippen LogP contribution >= 0.6 is 0 Å². The molecule has 16 heavy (non-hydrogen) atoms. The number of hydrogen-bond acceptors (Lipinski definition) is 3. The van der Waals surface area contributed by atoms with Crippen LogP contribution in [0.4, 0.5) is 5.69 Å². The number of carboxylic acids is 1. The normalized spacial score (nSPS) is 10.4. The highest BCUT2D eigenvalue weighted by Gasteiger charge is 2.02. The van der Waals surface area contributed by atoms with Gasteiger partial charge in [0.05, 0.1) is 5.97 Å². The minimum absolute atomic E-state index is 0.488. The number of carbonyl (C=O) groups is 2. The van der Waals surface area contributed by atoms with Gasteiger partial charge in [-0.05, 0) is 37.1 Å². The van der Waals surface area contributed by atoms with Crippen LogP contribution in [0, 0.1) is 13.8 Å². The summed E-state index contributed by atoms with van der Waals surface area (Å²) in [5.41, 5.74) is 2.69. The van der Waals surface area contributed by atoms with Gasteiger partial charge in [0.15, 0.2) is 0 Å². The molecule has 0 aliphatic carbocycles. The lowest BCUT2D eigenvalue weighted by Crippen LogP contribution is -2.20. The second kappa shape index (κ2) is 5.11. The van der Waals surface area contributed by atoms with Gasteiger partial charge in [0.2, 0.25) is 5.91 Å². The van der Waals surface area contributed by atoms with E-state index in [-0.39, 0.29) is 0 Å². The molecular formula is C12H12NO3-. The fraction of sp³-hybridized carbons (Fsp3) is 0.167. The molecule has 84 valence electrons. The molecule has 0 heterocycles. The highest BCUT2D eigenvalue weighted by Crippen LogP contribution is 2.17. The zero-order valence-corrected chi connectivity index (χ0v) is 9.11. The third kappa shape index (κ3) is 3.24. The third-order valence-corrected chi connectivity index (χ3v) is 2.23. The fourth-order valence-corrected chi connectivity index (χ4v) is 1.20. The lowest BCUT2D eigenvalue weighted by atomic mass is 10.1. The van der Waals surface area contributed by atoms with E-state index in [1.54, 1.807) is 6.07 Å². The number of aryl methyl sites for hydroxylation is 1. The molecule has 0 atom stereocenters. The van der Waals surface area contributed by atoms with E-state index in [2.05, 4.69) is 5.32 Å². The summed E-state index contributed by atoms with van der Waals surface area (Å²) in [5, 5.41) is 12.7. The van der Waals surface area contributed by atoms with E-state index in [0.717, 1.165) is 17.2 Å². The Bertz CT molecular complexity index is 450. The van der Waals surface area contributed by atoms with Crippen molar-refractivity contribution in [3.8, 4) is 0 Å². The first-order chi connectivity index (χ1) is 7.50. The quantitative estimate of drug-likeness (QED) is 0.753. The molecule has 0 saturated heterocycles. The van der Waals surface area contributed by atoms with Gasteiger partial charge in [-0.3, -0.25) is 4.79 Å². The lowest BCUT2D eigenvalue weighted by molar-refractivity contribution is -0.297. The van der Waals surface area contributed by atoms with Gasteiger partial charge in [-0.25, -0.2) is 0 Å². The van der Waals surface area contributed by atoms with Gasteiger partial charge in [-0.2, -0.15) is 0 Å². The monoisotopic (exact) mass is 218 g/mol. The molecule has 1 aromatic carbocycles. The second-order valence-electron chi connectivity index (χ2n) is 3.39. The summed E-state index contributed by atoms with van der Waals surface area (Å²) in [6.07, 6.45) is 1.62. The number of carboxylic acid groups (broad SMARTS) is 1. The van der Waals surface area contributed by atoms with Crippen LogP contribution in [-0.4, -0.2) is 11.9 Å². The Hall–Kier alpha value is -2.10. The van der Waals surface area contributed by atoms with Crippen molar-refractivity contribution in [1.29, 1.82) is 0 Å². The molecular weight excluding hydrogens is 206 g/mol. The van der Waals surface area contributed by atoms with Crippen LogP contribution in [-0.2, 0) is 9.59 Å². The minimum atomic E-state index is -1.39. The second-order valence-corrected chi connectivity index (χ2v) is 3.39. The molecule has 0 bridgehead atoms. The molecule has 1 rings (SSSR count). The van der Waals surface area contributed by atoms with E-state index in [1.807, 2.05) is 26.0 Å². The summed E-state index contributed by atoms with van der Waals surface area (Å²) in [5.74, 6) is -1.88. The summed E-state index contributed by atoms with van der Waals surface area (Å²) in [6.45, 7) is 3.81. The Labute approximate surface area is 93.6 Å². The topological polar surface area (TPSA) is 69.2 Å². The predicted octanol–water partition coefficient (Wildman–Crippen LogP) is 0.548. The van der Waals surface area contributed by atoms with Crippen LogP contribution < -0.4 is 10.4 Å². The van der Waals surface area contributed by atoms with Gasteiger partial charge in [0, 0.05) is 11.8 Å². The molecule has 0 saturated carbocycles. The number of anilines is 1. The highest BCUT2D eigenvalue weighted by molar-refractivity contribution is 6.02. The van der Waals surface area contributed by atoms with E-state index in [0.29, 0.717) is 11.8 Å². The van der Waals surface area contributed by atoms with Gasteiger partial charge >= 0.3 is 0 Å². The van der Waals surface area contributed by atoms with Crippen LogP contribution in [0.5, 0.6) is 0 Å². The Kier molecular flexibility index (Phi) is 3.83. The zero-order valence-electron chi connectivity index (χ0n) is 9.11. The Balaban J connectivity index is 2.78. The zero-order chi connectivity index (χ0) is 12.1. The van der Waals surface area contributed by atoms with Crippen molar-refractivity contribution in [2.75, 3.05) is 5.32 Å². The molecule has 0 fully saturated rings. The first-order valence-electron chi connectivity index (χ1n) is 4.77. The fourth-order valence-electron chi connectivity index (χ4n) is 1.20. The maximum Gasteiger partial charge on any atom is 0.248 e. The minimum Gasteiger partial charge on any atom is -0.545 e. The molecule has 0 radical (unpaired) electrons. The van der Waals surface area contributed by atoms with Crippen LogP contribution in [0.3, 0.4) is 0 Å². The number of nitrogens with one attached hydrogen (secondary N) is 1. The highest BCUT2D eigenvalue weighted by atomic mass is 16.4. The average molecular weight is 218 g/mol. The van der Waals surface area contributed by atoms with Crippen LogP contribution in [0.15, 0.2) is 30.4 Å². The van der Waals surface area contributed by atoms with Crippen molar-refractivity contribution in [2.24, 2.45) is 0 Å². The van der Waals surface area contributed by atoms with Crippen molar-refractivity contribution >= 4 is 17.6 Å². The standard InChI is InChI=1S/C12H13NO3/c1-8-4-3-5-10(9(8)2)13-11(14)6-7-12(15)16/h3-7H,1-2H3,(H,13,14)(H,15,16)/p-1/b7-6+. The van der Waals surface area contributed by atoms with Crippen LogP contribution in [0.25, 0.3) is 0 Å². The smallest absolute Gasteiger partial charge is 0.248 e. The van der Waals surface area contributed by atoms with Crippen molar-refractivity contribution in [2.45, 2.75) is 13.8 Å². The number of carbonyl (C=O) groups excluding carboxylic acids is 2. The molecule has 0 aliphatic rings. The number of hydrogen-bond donors (Lipinski definition) is 1. The number of rotatable bonds is 3. The van der Waals surface area contributed by atoms with E-state index >= 15 is 0 Å². The molecule has 0 aliphatic heterocycles. The lowest BCUT2D eigenvalue weighted by Gasteiger charge is -2.08. The van der Waals surface area contributed by atoms with Crippen molar-refractivity contribution in [3.63, 3.8) is 0 Å².